The van der Waals surface area contributed by atoms with Crippen LogP contribution in [0.3, 0.4) is 0 Å². The Labute approximate surface area is 179 Å². The largest absolute Gasteiger partial charge is 0.483 e. The van der Waals surface area contributed by atoms with Gasteiger partial charge in [0.2, 0.25) is 0 Å². The quantitative estimate of drug-likeness (QED) is 0.265. The fourth-order valence-corrected chi connectivity index (χ4v) is 2.61. The number of hydrazone groups is 1. The summed E-state index contributed by atoms with van der Waals surface area (Å²) in [6.07, 6.45) is 1.45. The molecule has 0 unspecified atom stereocenters. The third-order valence-electron chi connectivity index (χ3n) is 4.00. The highest BCUT2D eigenvalue weighted by Crippen LogP contribution is 2.17. The van der Waals surface area contributed by atoms with Gasteiger partial charge >= 0.3 is 5.97 Å². The van der Waals surface area contributed by atoms with Crippen LogP contribution < -0.4 is 14.9 Å². The molecule has 0 aromatic heterocycles. The summed E-state index contributed by atoms with van der Waals surface area (Å²) in [6.45, 7) is 1.75. The third-order valence-corrected chi connectivity index (χ3v) is 4.26. The minimum absolute atomic E-state index is 0.152. The molecular weight excluding hydrogens is 404 g/mol. The van der Waals surface area contributed by atoms with E-state index >= 15 is 0 Å². The molecule has 0 fully saturated rings. The summed E-state index contributed by atoms with van der Waals surface area (Å²) in [7, 11) is 0. The summed E-state index contributed by atoms with van der Waals surface area (Å²) in [4.78, 5) is 24.1. The molecule has 3 rings (SSSR count). The van der Waals surface area contributed by atoms with Gasteiger partial charge in [0.15, 0.2) is 6.61 Å². The van der Waals surface area contributed by atoms with E-state index in [-0.39, 0.29) is 12.5 Å². The molecule has 0 saturated carbocycles. The summed E-state index contributed by atoms with van der Waals surface area (Å²) in [5.41, 5.74) is 4.38. The molecule has 0 atom stereocenters. The second kappa shape index (κ2) is 10.2. The zero-order valence-electron chi connectivity index (χ0n) is 16.2. The molecule has 152 valence electrons. The molecule has 7 heteroatoms. The second-order valence-corrected chi connectivity index (χ2v) is 6.75. The molecule has 30 heavy (non-hydrogen) atoms. The zero-order chi connectivity index (χ0) is 21.3. The molecule has 3 aromatic carbocycles. The van der Waals surface area contributed by atoms with Gasteiger partial charge in [0.1, 0.15) is 11.5 Å². The Bertz CT molecular complexity index is 1060. The first kappa shape index (κ1) is 21.1. The highest BCUT2D eigenvalue weighted by molar-refractivity contribution is 6.30. The van der Waals surface area contributed by atoms with Crippen LogP contribution in [-0.2, 0) is 4.79 Å². The lowest BCUT2D eigenvalue weighted by molar-refractivity contribution is -0.123. The van der Waals surface area contributed by atoms with Crippen LogP contribution in [-0.4, -0.2) is 24.7 Å². The highest BCUT2D eigenvalue weighted by Gasteiger charge is 2.08. The minimum Gasteiger partial charge on any atom is -0.483 e. The molecule has 3 aromatic rings. The number of ether oxygens (including phenoxy) is 2. The van der Waals surface area contributed by atoms with Gasteiger partial charge < -0.3 is 9.47 Å². The second-order valence-electron chi connectivity index (χ2n) is 6.32. The zero-order valence-corrected chi connectivity index (χ0v) is 16.9. The average Bonchev–Trinajstić information content (AvgIpc) is 2.74. The number of rotatable bonds is 7. The van der Waals surface area contributed by atoms with E-state index in [4.69, 9.17) is 21.1 Å². The predicted octanol–water partition coefficient (Wildman–Crippen LogP) is 4.40. The number of nitrogens with one attached hydrogen (secondary N) is 1. The van der Waals surface area contributed by atoms with Crippen molar-refractivity contribution in [2.75, 3.05) is 6.61 Å². The lowest BCUT2D eigenvalue weighted by Gasteiger charge is -2.07. The van der Waals surface area contributed by atoms with Crippen LogP contribution in [0, 0.1) is 6.92 Å². The number of hydrogen-bond donors (Lipinski definition) is 1. The van der Waals surface area contributed by atoms with E-state index < -0.39 is 5.97 Å². The number of para-hydroxylation sites is 1. The number of benzene rings is 3. The Morgan fingerprint density at radius 2 is 1.80 bits per heavy atom. The van der Waals surface area contributed by atoms with E-state index in [1.54, 1.807) is 54.6 Å². The van der Waals surface area contributed by atoms with E-state index in [0.717, 1.165) is 5.56 Å². The Morgan fingerprint density at radius 3 is 2.57 bits per heavy atom. The van der Waals surface area contributed by atoms with Gasteiger partial charge in [0.05, 0.1) is 11.8 Å². The molecule has 0 aliphatic rings. The van der Waals surface area contributed by atoms with Crippen LogP contribution in [0.15, 0.2) is 77.9 Å². The number of nitrogens with zero attached hydrogens (tertiary/aromatic N) is 1. The molecule has 0 aliphatic heterocycles. The van der Waals surface area contributed by atoms with Crippen LogP contribution in [0.2, 0.25) is 5.02 Å². The van der Waals surface area contributed by atoms with Crippen LogP contribution in [0.1, 0.15) is 21.5 Å². The molecular formula is C23H19ClN2O4. The maximum absolute atomic E-state index is 12.2. The van der Waals surface area contributed by atoms with Crippen molar-refractivity contribution in [2.24, 2.45) is 5.10 Å². The number of hydrogen-bond acceptors (Lipinski definition) is 5. The Hall–Kier alpha value is -3.64. The van der Waals surface area contributed by atoms with Crippen molar-refractivity contribution in [3.63, 3.8) is 0 Å². The van der Waals surface area contributed by atoms with Crippen molar-refractivity contribution in [3.8, 4) is 11.5 Å². The first-order valence-corrected chi connectivity index (χ1v) is 9.47. The van der Waals surface area contributed by atoms with Gasteiger partial charge in [-0.25, -0.2) is 10.2 Å². The topological polar surface area (TPSA) is 77.0 Å². The van der Waals surface area contributed by atoms with E-state index in [2.05, 4.69) is 10.5 Å². The molecule has 6 nitrogen and oxygen atoms in total. The van der Waals surface area contributed by atoms with E-state index in [1.807, 2.05) is 25.1 Å². The molecule has 1 N–H and O–H groups in total. The van der Waals surface area contributed by atoms with Crippen molar-refractivity contribution in [2.45, 2.75) is 6.92 Å². The maximum atomic E-state index is 12.2. The minimum atomic E-state index is -0.498. The van der Waals surface area contributed by atoms with Crippen molar-refractivity contribution in [3.05, 3.63) is 94.5 Å². The normalized spacial score (nSPS) is 10.6. The van der Waals surface area contributed by atoms with E-state index in [0.29, 0.717) is 27.6 Å². The summed E-state index contributed by atoms with van der Waals surface area (Å²) in [5, 5.41) is 4.44. The summed E-state index contributed by atoms with van der Waals surface area (Å²) in [6, 6.07) is 20.6. The lowest BCUT2D eigenvalue weighted by Crippen LogP contribution is -2.24. The fourth-order valence-electron chi connectivity index (χ4n) is 2.48. The molecule has 1 amide bonds. The number of carbonyl (C=O) groups excluding carboxylic acids is 2. The molecule has 0 saturated heterocycles. The number of carbonyl (C=O) groups is 2. The third kappa shape index (κ3) is 6.18. The van der Waals surface area contributed by atoms with Gasteiger partial charge in [-0.05, 0) is 60.5 Å². The SMILES string of the molecule is Cc1ccccc1OCC(=O)N/N=C/c1cccc(OC(=O)c2ccc(Cl)cc2)c1. The molecule has 0 aliphatic carbocycles. The van der Waals surface area contributed by atoms with Gasteiger partial charge in [-0.2, -0.15) is 5.10 Å². The Kier molecular flexibility index (Phi) is 7.19. The van der Waals surface area contributed by atoms with Gasteiger partial charge in [-0.15, -0.1) is 0 Å². The maximum Gasteiger partial charge on any atom is 0.343 e. The van der Waals surface area contributed by atoms with Crippen molar-refractivity contribution in [1.29, 1.82) is 0 Å². The molecule has 0 bridgehead atoms. The monoisotopic (exact) mass is 422 g/mol. The van der Waals surface area contributed by atoms with Crippen molar-refractivity contribution >= 4 is 29.7 Å². The number of amides is 1. The van der Waals surface area contributed by atoms with Crippen molar-refractivity contribution in [1.82, 2.24) is 5.43 Å². The van der Waals surface area contributed by atoms with Gasteiger partial charge in [0.25, 0.3) is 5.91 Å². The number of halogens is 1. The van der Waals surface area contributed by atoms with Gasteiger partial charge in [-0.3, -0.25) is 4.79 Å². The summed E-state index contributed by atoms with van der Waals surface area (Å²) < 4.78 is 10.8. The highest BCUT2D eigenvalue weighted by atomic mass is 35.5. The average molecular weight is 423 g/mol. The summed E-state index contributed by atoms with van der Waals surface area (Å²) in [5.74, 6) is 0.113. The van der Waals surface area contributed by atoms with Crippen LogP contribution in [0.5, 0.6) is 11.5 Å². The van der Waals surface area contributed by atoms with E-state index in [1.165, 1.54) is 6.21 Å². The van der Waals surface area contributed by atoms with E-state index in [9.17, 15) is 9.59 Å². The standard InChI is InChI=1S/C23H19ClN2O4/c1-16-5-2-3-8-21(16)29-15-22(27)26-25-14-17-6-4-7-20(13-17)30-23(28)18-9-11-19(24)12-10-18/h2-14H,15H2,1H3,(H,26,27)/b25-14+. The van der Waals surface area contributed by atoms with Gasteiger partial charge in [0, 0.05) is 5.02 Å². The Balaban J connectivity index is 1.52. The van der Waals surface area contributed by atoms with Crippen LogP contribution in [0.4, 0.5) is 0 Å². The first-order valence-electron chi connectivity index (χ1n) is 9.09. The number of aryl methyl sites for hydroxylation is 1. The number of esters is 1. The first-order chi connectivity index (χ1) is 14.5. The van der Waals surface area contributed by atoms with Crippen LogP contribution >= 0.6 is 11.6 Å². The molecule has 0 radical (unpaired) electrons. The van der Waals surface area contributed by atoms with Crippen LogP contribution in [0.25, 0.3) is 0 Å². The molecule has 0 heterocycles. The summed E-state index contributed by atoms with van der Waals surface area (Å²) >= 11 is 5.82. The fraction of sp³-hybridized carbons (Fsp3) is 0.0870. The predicted molar refractivity (Wildman–Crippen MR) is 115 cm³/mol. The smallest absolute Gasteiger partial charge is 0.343 e. The molecule has 0 spiro atoms. The van der Waals surface area contributed by atoms with Crippen molar-refractivity contribution < 1.29 is 19.1 Å². The van der Waals surface area contributed by atoms with Gasteiger partial charge in [-0.1, -0.05) is 41.9 Å². The Morgan fingerprint density at radius 1 is 1.03 bits per heavy atom. The lowest BCUT2D eigenvalue weighted by atomic mass is 10.2.